The van der Waals surface area contributed by atoms with Gasteiger partial charge in [0.1, 0.15) is 0 Å². The predicted molar refractivity (Wildman–Crippen MR) is 63.7 cm³/mol. The third kappa shape index (κ3) is 3.69. The molecule has 0 atom stereocenters. The lowest BCUT2D eigenvalue weighted by Crippen LogP contribution is -2.37. The zero-order valence-corrected chi connectivity index (χ0v) is 10.6. The van der Waals surface area contributed by atoms with Crippen molar-refractivity contribution in [1.29, 1.82) is 0 Å². The van der Waals surface area contributed by atoms with Crippen molar-refractivity contribution in [2.75, 3.05) is 26.9 Å². The number of hydrogen-bond acceptors (Lipinski definition) is 5. The zero-order chi connectivity index (χ0) is 12.9. The van der Waals surface area contributed by atoms with Gasteiger partial charge in [-0.05, 0) is 0 Å². The summed E-state index contributed by atoms with van der Waals surface area (Å²) in [4.78, 5) is 0. The summed E-state index contributed by atoms with van der Waals surface area (Å²) in [5.41, 5.74) is 0.362. The van der Waals surface area contributed by atoms with Crippen LogP contribution in [0.2, 0.25) is 0 Å². The number of aliphatic hydroxyl groups excluding tert-OH is 2. The van der Waals surface area contributed by atoms with Crippen LogP contribution in [0.5, 0.6) is 5.88 Å². The standard InChI is InChI=1S/C11H21N3O3/c1-11(7-15,8-16)6-12-5-9-4-10(17-3)14(2)13-9/h4,12,15-16H,5-8H2,1-3H3. The minimum atomic E-state index is -0.501. The van der Waals surface area contributed by atoms with Gasteiger partial charge in [0.25, 0.3) is 0 Å². The van der Waals surface area contributed by atoms with Crippen molar-refractivity contribution in [2.24, 2.45) is 12.5 Å². The Balaban J connectivity index is 2.45. The third-order valence-electron chi connectivity index (χ3n) is 2.72. The molecule has 0 spiro atoms. The largest absolute Gasteiger partial charge is 0.481 e. The van der Waals surface area contributed by atoms with E-state index >= 15 is 0 Å². The summed E-state index contributed by atoms with van der Waals surface area (Å²) in [5, 5.41) is 25.7. The number of ether oxygens (including phenoxy) is 1. The SMILES string of the molecule is COc1cc(CNCC(C)(CO)CO)nn1C. The zero-order valence-electron chi connectivity index (χ0n) is 10.6. The molecule has 98 valence electrons. The van der Waals surface area contributed by atoms with Gasteiger partial charge in [0.05, 0.1) is 26.0 Å². The van der Waals surface area contributed by atoms with E-state index in [0.717, 1.165) is 5.69 Å². The van der Waals surface area contributed by atoms with E-state index in [0.29, 0.717) is 19.0 Å². The molecule has 0 radical (unpaired) electrons. The maximum Gasteiger partial charge on any atom is 0.211 e. The maximum atomic E-state index is 9.13. The quantitative estimate of drug-likeness (QED) is 0.602. The molecular formula is C11H21N3O3. The lowest BCUT2D eigenvalue weighted by Gasteiger charge is -2.24. The molecule has 0 aromatic carbocycles. The van der Waals surface area contributed by atoms with Gasteiger partial charge < -0.3 is 20.3 Å². The number of aryl methyl sites for hydroxylation is 1. The van der Waals surface area contributed by atoms with Gasteiger partial charge in [-0.1, -0.05) is 6.92 Å². The van der Waals surface area contributed by atoms with Crippen LogP contribution < -0.4 is 10.1 Å². The summed E-state index contributed by atoms with van der Waals surface area (Å²) in [6.45, 7) is 2.81. The highest BCUT2D eigenvalue weighted by atomic mass is 16.5. The molecule has 0 saturated heterocycles. The molecule has 1 heterocycles. The Morgan fingerprint density at radius 2 is 2.12 bits per heavy atom. The van der Waals surface area contributed by atoms with Gasteiger partial charge in [-0.2, -0.15) is 5.10 Å². The predicted octanol–water partition coefficient (Wildman–Crippen LogP) is -0.491. The van der Waals surface area contributed by atoms with Crippen molar-refractivity contribution >= 4 is 0 Å². The lowest BCUT2D eigenvalue weighted by molar-refractivity contribution is 0.0694. The van der Waals surface area contributed by atoms with Gasteiger partial charge in [-0.25, -0.2) is 4.68 Å². The molecule has 0 unspecified atom stereocenters. The summed E-state index contributed by atoms with van der Waals surface area (Å²) >= 11 is 0. The molecule has 6 nitrogen and oxygen atoms in total. The molecule has 1 aromatic rings. The minimum Gasteiger partial charge on any atom is -0.481 e. The molecule has 17 heavy (non-hydrogen) atoms. The highest BCUT2D eigenvalue weighted by Crippen LogP contribution is 2.14. The first-order chi connectivity index (χ1) is 8.04. The van der Waals surface area contributed by atoms with E-state index in [1.807, 2.05) is 20.0 Å². The van der Waals surface area contributed by atoms with Crippen LogP contribution in [0.1, 0.15) is 12.6 Å². The van der Waals surface area contributed by atoms with Gasteiger partial charge in [0, 0.05) is 31.6 Å². The maximum absolute atomic E-state index is 9.13. The Bertz CT molecular complexity index is 348. The fraction of sp³-hybridized carbons (Fsp3) is 0.727. The first kappa shape index (κ1) is 14.0. The van der Waals surface area contributed by atoms with E-state index in [1.54, 1.807) is 11.8 Å². The summed E-state index contributed by atoms with van der Waals surface area (Å²) in [6.07, 6.45) is 0. The first-order valence-corrected chi connectivity index (χ1v) is 5.54. The van der Waals surface area contributed by atoms with Crippen molar-refractivity contribution in [3.05, 3.63) is 11.8 Å². The molecule has 0 aliphatic carbocycles. The van der Waals surface area contributed by atoms with Crippen molar-refractivity contribution < 1.29 is 14.9 Å². The average Bonchev–Trinajstić information content (AvgIpc) is 2.69. The highest BCUT2D eigenvalue weighted by molar-refractivity contribution is 5.15. The molecule has 0 fully saturated rings. The van der Waals surface area contributed by atoms with Gasteiger partial charge in [0.2, 0.25) is 5.88 Å². The van der Waals surface area contributed by atoms with E-state index in [-0.39, 0.29) is 13.2 Å². The van der Waals surface area contributed by atoms with E-state index in [2.05, 4.69) is 10.4 Å². The Labute approximate surface area is 101 Å². The number of methoxy groups -OCH3 is 1. The topological polar surface area (TPSA) is 79.5 Å². The van der Waals surface area contributed by atoms with Gasteiger partial charge >= 0.3 is 0 Å². The van der Waals surface area contributed by atoms with Crippen molar-refractivity contribution in [1.82, 2.24) is 15.1 Å². The number of hydrogen-bond donors (Lipinski definition) is 3. The number of nitrogens with one attached hydrogen (secondary N) is 1. The van der Waals surface area contributed by atoms with E-state index in [4.69, 9.17) is 14.9 Å². The fourth-order valence-corrected chi connectivity index (χ4v) is 1.44. The molecule has 0 aliphatic heterocycles. The second-order valence-electron chi connectivity index (χ2n) is 4.53. The minimum absolute atomic E-state index is 0.0535. The van der Waals surface area contributed by atoms with Gasteiger partial charge in [-0.3, -0.25) is 0 Å². The van der Waals surface area contributed by atoms with Crippen LogP contribution in [0.3, 0.4) is 0 Å². The third-order valence-corrected chi connectivity index (χ3v) is 2.72. The normalized spacial score (nSPS) is 11.8. The molecule has 1 aromatic heterocycles. The summed E-state index contributed by atoms with van der Waals surface area (Å²) in [6, 6.07) is 1.85. The summed E-state index contributed by atoms with van der Waals surface area (Å²) < 4.78 is 6.77. The Kier molecular flexibility index (Phi) is 4.92. The number of aliphatic hydroxyl groups is 2. The second kappa shape index (κ2) is 6.00. The van der Waals surface area contributed by atoms with Crippen LogP contribution in [-0.2, 0) is 13.6 Å². The van der Waals surface area contributed by atoms with Crippen LogP contribution >= 0.6 is 0 Å². The Morgan fingerprint density at radius 3 is 2.59 bits per heavy atom. The van der Waals surface area contributed by atoms with Crippen LogP contribution in [-0.4, -0.2) is 46.9 Å². The number of aromatic nitrogens is 2. The first-order valence-electron chi connectivity index (χ1n) is 5.54. The average molecular weight is 243 g/mol. The molecule has 3 N–H and O–H groups in total. The van der Waals surface area contributed by atoms with Crippen LogP contribution in [0.15, 0.2) is 6.07 Å². The summed E-state index contributed by atoms with van der Waals surface area (Å²) in [7, 11) is 3.41. The van der Waals surface area contributed by atoms with Crippen molar-refractivity contribution in [3.63, 3.8) is 0 Å². The molecule has 6 heteroatoms. The van der Waals surface area contributed by atoms with E-state index in [1.165, 1.54) is 0 Å². The number of rotatable bonds is 7. The van der Waals surface area contributed by atoms with Crippen molar-refractivity contribution in [3.8, 4) is 5.88 Å². The van der Waals surface area contributed by atoms with Crippen LogP contribution in [0.25, 0.3) is 0 Å². The molecule has 0 bridgehead atoms. The monoisotopic (exact) mass is 243 g/mol. The highest BCUT2D eigenvalue weighted by Gasteiger charge is 2.21. The molecule has 0 amide bonds. The van der Waals surface area contributed by atoms with Gasteiger partial charge in [-0.15, -0.1) is 0 Å². The van der Waals surface area contributed by atoms with E-state index < -0.39 is 5.41 Å². The van der Waals surface area contributed by atoms with Crippen molar-refractivity contribution in [2.45, 2.75) is 13.5 Å². The fourth-order valence-electron chi connectivity index (χ4n) is 1.44. The Morgan fingerprint density at radius 1 is 1.47 bits per heavy atom. The smallest absolute Gasteiger partial charge is 0.211 e. The summed E-state index contributed by atoms with van der Waals surface area (Å²) in [5.74, 6) is 0.703. The van der Waals surface area contributed by atoms with Gasteiger partial charge in [0.15, 0.2) is 0 Å². The molecular weight excluding hydrogens is 222 g/mol. The number of nitrogens with zero attached hydrogens (tertiary/aromatic N) is 2. The van der Waals surface area contributed by atoms with E-state index in [9.17, 15) is 0 Å². The molecule has 1 rings (SSSR count). The van der Waals surface area contributed by atoms with Crippen LogP contribution in [0, 0.1) is 5.41 Å². The second-order valence-corrected chi connectivity index (χ2v) is 4.53. The Hall–Kier alpha value is -1.11. The lowest BCUT2D eigenvalue weighted by atomic mass is 9.93. The molecule has 0 saturated carbocycles. The van der Waals surface area contributed by atoms with Crippen LogP contribution in [0.4, 0.5) is 0 Å². The molecule has 0 aliphatic rings.